The summed E-state index contributed by atoms with van der Waals surface area (Å²) in [5, 5.41) is 13.5. The Kier molecular flexibility index (Phi) is 7.10. The normalized spacial score (nSPS) is 19.4. The van der Waals surface area contributed by atoms with Crippen LogP contribution in [-0.4, -0.2) is 44.3 Å². The summed E-state index contributed by atoms with van der Waals surface area (Å²) in [5.74, 6) is -0.878. The zero-order chi connectivity index (χ0) is 22.6. The largest absolute Gasteiger partial charge is 0.452 e. The summed E-state index contributed by atoms with van der Waals surface area (Å²) < 4.78 is 32.6. The second-order valence-corrected chi connectivity index (χ2v) is 10.5. The molecule has 1 fully saturated rings. The first-order chi connectivity index (χ1) is 14.7. The van der Waals surface area contributed by atoms with E-state index in [1.807, 2.05) is 19.9 Å². The Morgan fingerprint density at radius 3 is 2.65 bits per heavy atom. The van der Waals surface area contributed by atoms with Crippen molar-refractivity contribution >= 4 is 38.2 Å². The van der Waals surface area contributed by atoms with E-state index >= 15 is 0 Å². The zero-order valence-corrected chi connectivity index (χ0v) is 18.8. The van der Waals surface area contributed by atoms with Crippen molar-refractivity contribution in [2.24, 2.45) is 11.8 Å². The number of hydrogen-bond acceptors (Lipinski definition) is 7. The Morgan fingerprint density at radius 2 is 1.97 bits per heavy atom. The van der Waals surface area contributed by atoms with Gasteiger partial charge in [0.25, 0.3) is 5.91 Å². The molecule has 1 aliphatic heterocycles. The van der Waals surface area contributed by atoms with Crippen LogP contribution < -0.4 is 5.32 Å². The van der Waals surface area contributed by atoms with E-state index < -0.39 is 28.5 Å². The van der Waals surface area contributed by atoms with Crippen LogP contribution in [0.2, 0.25) is 0 Å². The van der Waals surface area contributed by atoms with Crippen molar-refractivity contribution in [2.75, 3.05) is 25.0 Å². The van der Waals surface area contributed by atoms with E-state index in [1.165, 1.54) is 39.9 Å². The molecule has 0 aliphatic carbocycles. The van der Waals surface area contributed by atoms with Crippen LogP contribution in [0.1, 0.15) is 36.2 Å². The topological polar surface area (TPSA) is 117 Å². The molecule has 1 N–H and O–H groups in total. The summed E-state index contributed by atoms with van der Waals surface area (Å²) >= 11 is 1.19. The Hall–Kier alpha value is -2.74. The van der Waals surface area contributed by atoms with Gasteiger partial charge in [-0.1, -0.05) is 19.9 Å². The summed E-state index contributed by atoms with van der Waals surface area (Å²) in [6, 6.07) is 9.16. The van der Waals surface area contributed by atoms with Gasteiger partial charge in [-0.15, -0.1) is 11.3 Å². The van der Waals surface area contributed by atoms with Crippen LogP contribution >= 0.6 is 11.3 Å². The monoisotopic (exact) mass is 461 g/mol. The first-order valence-electron chi connectivity index (χ1n) is 9.75. The van der Waals surface area contributed by atoms with Crippen molar-refractivity contribution in [3.8, 4) is 6.07 Å². The Balaban J connectivity index is 1.66. The van der Waals surface area contributed by atoms with E-state index in [0.717, 1.165) is 6.42 Å². The second-order valence-electron chi connectivity index (χ2n) is 7.70. The van der Waals surface area contributed by atoms with Gasteiger partial charge < -0.3 is 10.1 Å². The Bertz CT molecular complexity index is 1110. The summed E-state index contributed by atoms with van der Waals surface area (Å²) in [7, 11) is -3.74. The number of esters is 1. The fourth-order valence-corrected chi connectivity index (χ4v) is 6.09. The quantitative estimate of drug-likeness (QED) is 0.661. The molecule has 164 valence electrons. The van der Waals surface area contributed by atoms with Gasteiger partial charge in [0, 0.05) is 13.1 Å². The maximum Gasteiger partial charge on any atom is 0.338 e. The number of benzene rings is 1. The number of sulfonamides is 1. The standard InChI is InChI=1S/C21H23N3O5S2/c1-14-8-15(2)12-24(11-14)31(27,28)18-5-3-4-16(9-18)21(26)29-13-19(25)23-20-17(10-22)6-7-30-20/h3-7,9,14-15H,8,11-13H2,1-2H3,(H,23,25). The SMILES string of the molecule is CC1CC(C)CN(S(=O)(=O)c2cccc(C(=O)OCC(=O)Nc3sccc3C#N)c2)C1. The van der Waals surface area contributed by atoms with Crippen molar-refractivity contribution in [3.63, 3.8) is 0 Å². The first kappa shape index (κ1) is 22.9. The van der Waals surface area contributed by atoms with Crippen molar-refractivity contribution in [1.29, 1.82) is 5.26 Å². The smallest absolute Gasteiger partial charge is 0.338 e. The van der Waals surface area contributed by atoms with Crippen molar-refractivity contribution in [2.45, 2.75) is 25.2 Å². The van der Waals surface area contributed by atoms with Gasteiger partial charge in [0.05, 0.1) is 16.0 Å². The van der Waals surface area contributed by atoms with Gasteiger partial charge in [0.1, 0.15) is 11.1 Å². The molecule has 0 saturated carbocycles. The van der Waals surface area contributed by atoms with Crippen molar-refractivity contribution in [1.82, 2.24) is 4.31 Å². The summed E-state index contributed by atoms with van der Waals surface area (Å²) in [4.78, 5) is 24.4. The number of carbonyl (C=O) groups excluding carboxylic acids is 2. The number of nitrogens with zero attached hydrogens (tertiary/aromatic N) is 2. The van der Waals surface area contributed by atoms with Gasteiger partial charge in [-0.05, 0) is 47.9 Å². The maximum atomic E-state index is 13.0. The number of amides is 1. The Morgan fingerprint density at radius 1 is 1.26 bits per heavy atom. The highest BCUT2D eigenvalue weighted by Crippen LogP contribution is 2.27. The molecule has 2 aromatic rings. The fourth-order valence-electron chi connectivity index (χ4n) is 3.61. The van der Waals surface area contributed by atoms with Crippen LogP contribution in [0.4, 0.5) is 5.00 Å². The van der Waals surface area contributed by atoms with Gasteiger partial charge >= 0.3 is 5.97 Å². The van der Waals surface area contributed by atoms with Crippen LogP contribution in [0.15, 0.2) is 40.6 Å². The molecule has 2 heterocycles. The number of hydrogen-bond donors (Lipinski definition) is 1. The molecule has 1 amide bonds. The molecule has 1 saturated heterocycles. The van der Waals surface area contributed by atoms with Crippen molar-refractivity contribution < 1.29 is 22.7 Å². The average Bonchev–Trinajstić information content (AvgIpc) is 3.18. The number of nitrogens with one attached hydrogen (secondary N) is 1. The minimum Gasteiger partial charge on any atom is -0.452 e. The zero-order valence-electron chi connectivity index (χ0n) is 17.2. The van der Waals surface area contributed by atoms with E-state index in [2.05, 4.69) is 5.32 Å². The molecule has 1 aromatic heterocycles. The van der Waals surface area contributed by atoms with Gasteiger partial charge in [-0.3, -0.25) is 4.79 Å². The molecular weight excluding hydrogens is 438 g/mol. The van der Waals surface area contributed by atoms with Crippen LogP contribution in [0.5, 0.6) is 0 Å². The summed E-state index contributed by atoms with van der Waals surface area (Å²) in [6.07, 6.45) is 0.974. The molecule has 2 atom stereocenters. The first-order valence-corrected chi connectivity index (χ1v) is 12.1. The number of thiophene rings is 1. The molecule has 3 rings (SSSR count). The van der Waals surface area contributed by atoms with Gasteiger partial charge in [0.2, 0.25) is 10.0 Å². The average molecular weight is 462 g/mol. The van der Waals surface area contributed by atoms with Crippen LogP contribution in [-0.2, 0) is 19.6 Å². The van der Waals surface area contributed by atoms with Crippen LogP contribution in [0.25, 0.3) is 0 Å². The highest BCUT2D eigenvalue weighted by Gasteiger charge is 2.32. The third-order valence-corrected chi connectivity index (χ3v) is 7.57. The molecule has 0 spiro atoms. The molecule has 1 aliphatic rings. The van der Waals surface area contributed by atoms with E-state index in [9.17, 15) is 18.0 Å². The minimum absolute atomic E-state index is 0.0185. The highest BCUT2D eigenvalue weighted by molar-refractivity contribution is 7.89. The third kappa shape index (κ3) is 5.50. The predicted octanol–water partition coefficient (Wildman–Crippen LogP) is 3.08. The molecule has 1 aromatic carbocycles. The second kappa shape index (κ2) is 9.60. The fraction of sp³-hybridized carbons (Fsp3) is 0.381. The predicted molar refractivity (Wildman–Crippen MR) is 116 cm³/mol. The third-order valence-electron chi connectivity index (χ3n) is 4.92. The highest BCUT2D eigenvalue weighted by atomic mass is 32.2. The lowest BCUT2D eigenvalue weighted by molar-refractivity contribution is -0.119. The Labute approximate surface area is 185 Å². The molecular formula is C21H23N3O5S2. The lowest BCUT2D eigenvalue weighted by Gasteiger charge is -2.34. The lowest BCUT2D eigenvalue weighted by Crippen LogP contribution is -2.42. The number of carbonyl (C=O) groups is 2. The number of ether oxygens (including phenoxy) is 1. The number of rotatable bonds is 6. The maximum absolute atomic E-state index is 13.0. The minimum atomic E-state index is -3.74. The van der Waals surface area contributed by atoms with E-state index in [-0.39, 0.29) is 22.3 Å². The van der Waals surface area contributed by atoms with Gasteiger partial charge in [0.15, 0.2) is 6.61 Å². The van der Waals surface area contributed by atoms with Crippen molar-refractivity contribution in [3.05, 3.63) is 46.8 Å². The molecule has 10 heteroatoms. The molecule has 0 bridgehead atoms. The van der Waals surface area contributed by atoms with Crippen LogP contribution in [0, 0.1) is 23.2 Å². The number of nitriles is 1. The number of piperidine rings is 1. The molecule has 8 nitrogen and oxygen atoms in total. The summed E-state index contributed by atoms with van der Waals surface area (Å²) in [6.45, 7) is 4.36. The lowest BCUT2D eigenvalue weighted by atomic mass is 9.94. The van der Waals surface area contributed by atoms with E-state index in [1.54, 1.807) is 11.4 Å². The van der Waals surface area contributed by atoms with E-state index in [4.69, 9.17) is 10.00 Å². The van der Waals surface area contributed by atoms with Crippen LogP contribution in [0.3, 0.4) is 0 Å². The number of anilines is 1. The van der Waals surface area contributed by atoms with Gasteiger partial charge in [-0.25, -0.2) is 13.2 Å². The molecule has 2 unspecified atom stereocenters. The molecule has 31 heavy (non-hydrogen) atoms. The van der Waals surface area contributed by atoms with E-state index in [0.29, 0.717) is 23.7 Å². The molecule has 0 radical (unpaired) electrons. The van der Waals surface area contributed by atoms with Gasteiger partial charge in [-0.2, -0.15) is 9.57 Å². The summed E-state index contributed by atoms with van der Waals surface area (Å²) in [5.41, 5.74) is 0.366.